The maximum atomic E-state index is 12.6. The third-order valence-corrected chi connectivity index (χ3v) is 4.66. The smallest absolute Gasteiger partial charge is 0.327 e. The molecule has 0 saturated heterocycles. The number of anilines is 2. The van der Waals surface area contributed by atoms with E-state index in [9.17, 15) is 19.5 Å². The lowest BCUT2D eigenvalue weighted by Gasteiger charge is -2.29. The normalized spacial score (nSPS) is 11.2. The average molecular weight is 443 g/mol. The second-order valence-electron chi connectivity index (χ2n) is 7.77. The van der Waals surface area contributed by atoms with E-state index < -0.39 is 29.7 Å². The summed E-state index contributed by atoms with van der Waals surface area (Å²) in [7, 11) is 0. The van der Waals surface area contributed by atoms with Gasteiger partial charge < -0.3 is 16.6 Å². The van der Waals surface area contributed by atoms with Gasteiger partial charge in [0.25, 0.3) is 0 Å². The molecule has 0 radical (unpaired) electrons. The fourth-order valence-corrected chi connectivity index (χ4v) is 2.98. The van der Waals surface area contributed by atoms with Gasteiger partial charge in [0.1, 0.15) is 11.9 Å². The van der Waals surface area contributed by atoms with Gasteiger partial charge in [-0.2, -0.15) is 0 Å². The molecule has 0 aliphatic heterocycles. The van der Waals surface area contributed by atoms with Gasteiger partial charge in [-0.15, -0.1) is 0 Å². The van der Waals surface area contributed by atoms with Crippen molar-refractivity contribution in [2.75, 3.05) is 11.5 Å². The number of carboxylic acid groups (broad SMARTS) is 1. The number of benzene rings is 1. The molecule has 1 aromatic carbocycles. The molecular formula is C24H34N4O4. The van der Waals surface area contributed by atoms with Crippen molar-refractivity contribution in [3.63, 3.8) is 0 Å². The van der Waals surface area contributed by atoms with Crippen LogP contribution in [0.1, 0.15) is 52.0 Å². The van der Waals surface area contributed by atoms with Crippen LogP contribution < -0.4 is 11.5 Å². The second kappa shape index (κ2) is 13.8. The number of amides is 2. The highest BCUT2D eigenvalue weighted by Gasteiger charge is 2.35. The quantitative estimate of drug-likeness (QED) is 0.399. The molecule has 0 spiro atoms. The summed E-state index contributed by atoms with van der Waals surface area (Å²) in [4.78, 5) is 41.6. The summed E-state index contributed by atoms with van der Waals surface area (Å²) in [5.74, 6) is -1.97. The van der Waals surface area contributed by atoms with Gasteiger partial charge in [0, 0.05) is 30.6 Å². The zero-order chi connectivity index (χ0) is 24.1. The van der Waals surface area contributed by atoms with Gasteiger partial charge in [0.15, 0.2) is 0 Å². The number of hydrogen-bond acceptors (Lipinski definition) is 6. The molecule has 2 aromatic rings. The second-order valence-corrected chi connectivity index (χ2v) is 7.77. The molecule has 1 aromatic heterocycles. The minimum Gasteiger partial charge on any atom is -0.480 e. The number of aromatic nitrogens is 1. The van der Waals surface area contributed by atoms with Crippen LogP contribution in [0.5, 0.6) is 0 Å². The minimum atomic E-state index is -1.23. The molecule has 2 rings (SSSR count). The first-order valence-corrected chi connectivity index (χ1v) is 10.8. The molecule has 0 aliphatic rings. The Bertz CT molecular complexity index is 871. The first-order chi connectivity index (χ1) is 15.2. The number of nitrogens with zero attached hydrogens (tertiary/aromatic N) is 2. The molecule has 0 unspecified atom stereocenters. The highest BCUT2D eigenvalue weighted by atomic mass is 16.4. The lowest BCUT2D eigenvalue weighted by molar-refractivity contribution is -0.159. The van der Waals surface area contributed by atoms with E-state index in [1.807, 2.05) is 19.1 Å². The van der Waals surface area contributed by atoms with Crippen molar-refractivity contribution >= 4 is 29.3 Å². The van der Waals surface area contributed by atoms with Crippen LogP contribution in [0.15, 0.2) is 48.7 Å². The SMILES string of the molecule is CCCCCC(=O)N(C(=O)C(C)C)[C@@H](Cc1cccc(N)c1)C(=O)O.Nc1ccccn1. The minimum absolute atomic E-state index is 0.0400. The molecule has 8 heteroatoms. The highest BCUT2D eigenvalue weighted by Crippen LogP contribution is 2.17. The molecule has 174 valence electrons. The van der Waals surface area contributed by atoms with E-state index in [4.69, 9.17) is 11.5 Å². The topological polar surface area (TPSA) is 140 Å². The molecule has 0 fully saturated rings. The zero-order valence-corrected chi connectivity index (χ0v) is 19.0. The summed E-state index contributed by atoms with van der Waals surface area (Å²) in [5, 5.41) is 9.65. The first kappa shape index (κ1) is 26.6. The molecule has 32 heavy (non-hydrogen) atoms. The van der Waals surface area contributed by atoms with Crippen LogP contribution in [0.2, 0.25) is 0 Å². The van der Waals surface area contributed by atoms with Crippen LogP contribution in [-0.4, -0.2) is 38.8 Å². The Balaban J connectivity index is 0.000000616. The number of carbonyl (C=O) groups excluding carboxylic acids is 2. The van der Waals surface area contributed by atoms with Crippen LogP contribution in [-0.2, 0) is 20.8 Å². The number of aliphatic carboxylic acids is 1. The van der Waals surface area contributed by atoms with E-state index in [0.29, 0.717) is 23.5 Å². The van der Waals surface area contributed by atoms with Crippen LogP contribution in [0.25, 0.3) is 0 Å². The first-order valence-electron chi connectivity index (χ1n) is 10.8. The number of hydrogen-bond donors (Lipinski definition) is 3. The van der Waals surface area contributed by atoms with Gasteiger partial charge in [-0.25, -0.2) is 9.78 Å². The van der Waals surface area contributed by atoms with Crippen molar-refractivity contribution < 1.29 is 19.5 Å². The number of imide groups is 1. The summed E-state index contributed by atoms with van der Waals surface area (Å²) in [6.45, 7) is 5.34. The lowest BCUT2D eigenvalue weighted by atomic mass is 10.0. The standard InChI is InChI=1S/C19H28N2O4.C5H6N2/c1-4-5-6-10-17(22)21(18(23)13(2)3)16(19(24)25)12-14-8-7-9-15(20)11-14;6-5-3-1-2-4-7-5/h7-9,11,13,16H,4-6,10,12,20H2,1-3H3,(H,24,25);1-4H,(H2,6,7)/t16-;/m0./s1. The monoisotopic (exact) mass is 442 g/mol. The number of carboxylic acids is 1. The van der Waals surface area contributed by atoms with Crippen LogP contribution in [0.3, 0.4) is 0 Å². The highest BCUT2D eigenvalue weighted by molar-refractivity contribution is 6.00. The fourth-order valence-electron chi connectivity index (χ4n) is 2.98. The number of pyridine rings is 1. The molecule has 0 aliphatic carbocycles. The predicted molar refractivity (Wildman–Crippen MR) is 125 cm³/mol. The van der Waals surface area contributed by atoms with Gasteiger partial charge in [-0.3, -0.25) is 14.5 Å². The Morgan fingerprint density at radius 2 is 1.78 bits per heavy atom. The van der Waals surface area contributed by atoms with Gasteiger partial charge in [-0.05, 0) is 36.2 Å². The van der Waals surface area contributed by atoms with Crippen molar-refractivity contribution in [2.24, 2.45) is 5.92 Å². The molecule has 1 atom stereocenters. The summed E-state index contributed by atoms with van der Waals surface area (Å²) < 4.78 is 0. The summed E-state index contributed by atoms with van der Waals surface area (Å²) in [6.07, 6.45) is 4.32. The summed E-state index contributed by atoms with van der Waals surface area (Å²) in [6, 6.07) is 11.0. The molecule has 0 saturated carbocycles. The van der Waals surface area contributed by atoms with Crippen molar-refractivity contribution in [3.8, 4) is 0 Å². The van der Waals surface area contributed by atoms with Crippen LogP contribution >= 0.6 is 0 Å². The van der Waals surface area contributed by atoms with Crippen LogP contribution in [0, 0.1) is 5.92 Å². The Labute approximate surface area is 189 Å². The van der Waals surface area contributed by atoms with Gasteiger partial charge in [0.05, 0.1) is 0 Å². The zero-order valence-electron chi connectivity index (χ0n) is 19.0. The number of rotatable bonds is 9. The Hall–Kier alpha value is -3.42. The number of nitrogen functional groups attached to an aromatic ring is 2. The molecule has 5 N–H and O–H groups in total. The van der Waals surface area contributed by atoms with Crippen molar-refractivity contribution in [1.82, 2.24) is 9.88 Å². The Kier molecular flexibility index (Phi) is 11.5. The van der Waals surface area contributed by atoms with Crippen molar-refractivity contribution in [3.05, 3.63) is 54.2 Å². The molecule has 1 heterocycles. The lowest BCUT2D eigenvalue weighted by Crippen LogP contribution is -2.51. The van der Waals surface area contributed by atoms with E-state index >= 15 is 0 Å². The van der Waals surface area contributed by atoms with E-state index in [0.717, 1.165) is 17.7 Å². The third kappa shape index (κ3) is 9.16. The van der Waals surface area contributed by atoms with E-state index in [-0.39, 0.29) is 12.8 Å². The summed E-state index contributed by atoms with van der Waals surface area (Å²) >= 11 is 0. The van der Waals surface area contributed by atoms with E-state index in [1.165, 1.54) is 0 Å². The average Bonchev–Trinajstić information content (AvgIpc) is 2.74. The van der Waals surface area contributed by atoms with Crippen molar-refractivity contribution in [2.45, 2.75) is 58.9 Å². The molecular weight excluding hydrogens is 408 g/mol. The van der Waals surface area contributed by atoms with Gasteiger partial charge >= 0.3 is 5.97 Å². The fraction of sp³-hybridized carbons (Fsp3) is 0.417. The number of carbonyl (C=O) groups is 3. The van der Waals surface area contributed by atoms with Gasteiger partial charge in [0.2, 0.25) is 11.8 Å². The maximum absolute atomic E-state index is 12.6. The maximum Gasteiger partial charge on any atom is 0.327 e. The summed E-state index contributed by atoms with van der Waals surface area (Å²) in [5.41, 5.74) is 12.2. The molecule has 0 bridgehead atoms. The predicted octanol–water partition coefficient (Wildman–Crippen LogP) is 3.52. The van der Waals surface area contributed by atoms with Crippen LogP contribution in [0.4, 0.5) is 11.5 Å². The van der Waals surface area contributed by atoms with Crippen molar-refractivity contribution in [1.29, 1.82) is 0 Å². The van der Waals surface area contributed by atoms with Gasteiger partial charge in [-0.1, -0.05) is 51.8 Å². The molecule has 2 amide bonds. The largest absolute Gasteiger partial charge is 0.480 e. The third-order valence-electron chi connectivity index (χ3n) is 4.66. The number of nitrogens with two attached hydrogens (primary N) is 2. The molecule has 8 nitrogen and oxygen atoms in total. The van der Waals surface area contributed by atoms with E-state index in [1.54, 1.807) is 50.4 Å². The Morgan fingerprint density at radius 1 is 1.06 bits per heavy atom. The van der Waals surface area contributed by atoms with E-state index in [2.05, 4.69) is 4.98 Å². The Morgan fingerprint density at radius 3 is 2.25 bits per heavy atom. The number of unbranched alkanes of at least 4 members (excludes halogenated alkanes) is 2.